The van der Waals surface area contributed by atoms with Gasteiger partial charge in [0.2, 0.25) is 17.7 Å². The molecule has 11 heteroatoms. The average molecular weight is 476 g/mol. The molecule has 2 rings (SSSR count). The highest BCUT2D eigenvalue weighted by atomic mass is 16.4. The summed E-state index contributed by atoms with van der Waals surface area (Å²) in [6, 6.07) is 4.12. The molecule has 0 aliphatic heterocycles. The molecule has 34 heavy (non-hydrogen) atoms. The number of para-hydroxylation sites is 1. The number of hydrogen-bond donors (Lipinski definition) is 7. The molecule has 4 atom stereocenters. The van der Waals surface area contributed by atoms with Crippen molar-refractivity contribution in [1.82, 2.24) is 20.9 Å². The summed E-state index contributed by atoms with van der Waals surface area (Å²) in [5.74, 6) is -3.17. The molecule has 3 amide bonds. The van der Waals surface area contributed by atoms with Crippen molar-refractivity contribution in [3.05, 3.63) is 36.0 Å². The number of aromatic nitrogens is 1. The van der Waals surface area contributed by atoms with Gasteiger partial charge in [-0.25, -0.2) is 0 Å². The summed E-state index contributed by atoms with van der Waals surface area (Å²) in [6.07, 6.45) is 0.959. The van der Waals surface area contributed by atoms with Gasteiger partial charge in [-0.15, -0.1) is 0 Å². The normalized spacial score (nSPS) is 14.8. The van der Waals surface area contributed by atoms with Crippen LogP contribution in [0.3, 0.4) is 0 Å². The van der Waals surface area contributed by atoms with Gasteiger partial charge < -0.3 is 36.9 Å². The van der Waals surface area contributed by atoms with Crippen LogP contribution in [-0.4, -0.2) is 69.7 Å². The highest BCUT2D eigenvalue weighted by molar-refractivity contribution is 5.94. The molecule has 0 bridgehead atoms. The Hall–Kier alpha value is -3.44. The Balaban J connectivity index is 2.27. The van der Waals surface area contributed by atoms with Gasteiger partial charge in [-0.1, -0.05) is 32.0 Å². The Kier molecular flexibility index (Phi) is 9.58. The molecule has 1 aromatic heterocycles. The number of nitrogens with one attached hydrogen (secondary N) is 4. The predicted molar refractivity (Wildman–Crippen MR) is 126 cm³/mol. The number of carboxylic acids is 1. The lowest BCUT2D eigenvalue weighted by Crippen LogP contribution is -2.58. The number of fused-ring (bicyclic) bond motifs is 1. The lowest BCUT2D eigenvalue weighted by molar-refractivity contribution is -0.138. The monoisotopic (exact) mass is 475 g/mol. The molecule has 0 radical (unpaired) electrons. The molecule has 11 nitrogen and oxygen atoms in total. The molecule has 2 aromatic rings. The zero-order valence-corrected chi connectivity index (χ0v) is 19.5. The van der Waals surface area contributed by atoms with Crippen molar-refractivity contribution in [2.24, 2.45) is 11.7 Å². The van der Waals surface area contributed by atoms with E-state index in [1.165, 1.54) is 6.92 Å². The Morgan fingerprint density at radius 3 is 2.26 bits per heavy atom. The maximum Gasteiger partial charge on any atom is 0.322 e. The number of hydrogen-bond acceptors (Lipinski definition) is 6. The van der Waals surface area contributed by atoms with Crippen LogP contribution in [0.2, 0.25) is 0 Å². The second kappa shape index (κ2) is 12.1. The van der Waals surface area contributed by atoms with E-state index in [0.717, 1.165) is 16.5 Å². The van der Waals surface area contributed by atoms with Crippen LogP contribution in [0.4, 0.5) is 0 Å². The molecule has 1 heterocycles. The topological polar surface area (TPSA) is 187 Å². The number of aliphatic hydroxyl groups is 1. The zero-order chi connectivity index (χ0) is 25.4. The third-order valence-electron chi connectivity index (χ3n) is 5.31. The number of benzene rings is 1. The molecule has 0 spiro atoms. The smallest absolute Gasteiger partial charge is 0.322 e. The van der Waals surface area contributed by atoms with Crippen LogP contribution in [0, 0.1) is 5.92 Å². The first kappa shape index (κ1) is 26.8. The summed E-state index contributed by atoms with van der Waals surface area (Å²) in [7, 11) is 0. The molecule has 1 aromatic carbocycles. The molecule has 0 aliphatic rings. The molecule has 8 N–H and O–H groups in total. The van der Waals surface area contributed by atoms with E-state index in [1.54, 1.807) is 6.20 Å². The fraction of sp³-hybridized carbons (Fsp3) is 0.478. The second-order valence-corrected chi connectivity index (χ2v) is 8.69. The first-order chi connectivity index (χ1) is 16.0. The quantitative estimate of drug-likeness (QED) is 0.218. The van der Waals surface area contributed by atoms with E-state index in [0.29, 0.717) is 0 Å². The lowest BCUT2D eigenvalue weighted by atomic mass is 10.0. The molecular formula is C23H33N5O6. The Morgan fingerprint density at radius 1 is 1.00 bits per heavy atom. The highest BCUT2D eigenvalue weighted by Gasteiger charge is 2.30. The first-order valence-electron chi connectivity index (χ1n) is 11.1. The number of aliphatic hydroxyl groups excluding tert-OH is 1. The first-order valence-corrected chi connectivity index (χ1v) is 11.1. The highest BCUT2D eigenvalue weighted by Crippen LogP contribution is 2.19. The summed E-state index contributed by atoms with van der Waals surface area (Å²) in [6.45, 7) is 4.50. The summed E-state index contributed by atoms with van der Waals surface area (Å²) in [5, 5.41) is 26.9. The zero-order valence-electron chi connectivity index (χ0n) is 19.5. The van der Waals surface area contributed by atoms with Gasteiger partial charge >= 0.3 is 5.97 Å². The van der Waals surface area contributed by atoms with Crippen molar-refractivity contribution in [3.8, 4) is 0 Å². The molecule has 0 saturated carbocycles. The van der Waals surface area contributed by atoms with E-state index < -0.39 is 54.5 Å². The van der Waals surface area contributed by atoms with Gasteiger partial charge in [-0.3, -0.25) is 19.2 Å². The number of carbonyl (C=O) groups excluding carboxylic acids is 3. The van der Waals surface area contributed by atoms with Crippen LogP contribution in [-0.2, 0) is 25.6 Å². The molecule has 4 unspecified atom stereocenters. The van der Waals surface area contributed by atoms with E-state index in [4.69, 9.17) is 10.8 Å². The lowest BCUT2D eigenvalue weighted by Gasteiger charge is -2.25. The summed E-state index contributed by atoms with van der Waals surface area (Å²) >= 11 is 0. The number of carbonyl (C=O) groups is 4. The van der Waals surface area contributed by atoms with Crippen LogP contribution < -0.4 is 21.7 Å². The van der Waals surface area contributed by atoms with Crippen molar-refractivity contribution >= 4 is 34.6 Å². The Labute approximate surface area is 197 Å². The van der Waals surface area contributed by atoms with Crippen molar-refractivity contribution < 1.29 is 29.4 Å². The van der Waals surface area contributed by atoms with Crippen LogP contribution in [0.15, 0.2) is 30.5 Å². The van der Waals surface area contributed by atoms with Crippen molar-refractivity contribution in [2.75, 3.05) is 6.54 Å². The molecular weight excluding hydrogens is 442 g/mol. The van der Waals surface area contributed by atoms with Gasteiger partial charge in [0.05, 0.1) is 6.10 Å². The molecule has 0 fully saturated rings. The number of nitrogens with two attached hydrogens (primary N) is 1. The van der Waals surface area contributed by atoms with E-state index in [2.05, 4.69) is 20.9 Å². The minimum Gasteiger partial charge on any atom is -0.480 e. The molecule has 186 valence electrons. The van der Waals surface area contributed by atoms with Gasteiger partial charge in [-0.05, 0) is 30.9 Å². The van der Waals surface area contributed by atoms with Gasteiger partial charge in [0.15, 0.2) is 0 Å². The largest absolute Gasteiger partial charge is 0.480 e. The van der Waals surface area contributed by atoms with Crippen molar-refractivity contribution in [1.29, 1.82) is 0 Å². The minimum absolute atomic E-state index is 0.0196. The van der Waals surface area contributed by atoms with Crippen molar-refractivity contribution in [2.45, 2.75) is 57.8 Å². The molecule has 0 aliphatic carbocycles. The summed E-state index contributed by atoms with van der Waals surface area (Å²) in [4.78, 5) is 52.2. The van der Waals surface area contributed by atoms with Crippen LogP contribution in [0.25, 0.3) is 10.9 Å². The summed E-state index contributed by atoms with van der Waals surface area (Å²) in [5.41, 5.74) is 7.35. The van der Waals surface area contributed by atoms with Gasteiger partial charge in [0.25, 0.3) is 0 Å². The number of H-pyrrole nitrogens is 1. The SMILES string of the molecule is CC(C)CC(NC(=O)C(Cc1c[nH]c2ccccc12)NC(=O)C(N)C(C)O)C(=O)NCC(=O)O. The van der Waals surface area contributed by atoms with Gasteiger partial charge in [-0.2, -0.15) is 0 Å². The number of carboxylic acid groups (broad SMARTS) is 1. The number of amides is 3. The van der Waals surface area contributed by atoms with Crippen LogP contribution >= 0.6 is 0 Å². The van der Waals surface area contributed by atoms with E-state index in [1.807, 2.05) is 38.1 Å². The summed E-state index contributed by atoms with van der Waals surface area (Å²) < 4.78 is 0. The number of aromatic amines is 1. The van der Waals surface area contributed by atoms with Crippen molar-refractivity contribution in [3.63, 3.8) is 0 Å². The van der Waals surface area contributed by atoms with E-state index in [-0.39, 0.29) is 18.8 Å². The maximum absolute atomic E-state index is 13.2. The third kappa shape index (κ3) is 7.56. The second-order valence-electron chi connectivity index (χ2n) is 8.69. The maximum atomic E-state index is 13.2. The number of rotatable bonds is 12. The number of aliphatic carboxylic acids is 1. The van der Waals surface area contributed by atoms with E-state index in [9.17, 15) is 24.3 Å². The minimum atomic E-state index is -1.25. The molecule has 0 saturated heterocycles. The average Bonchev–Trinajstić information content (AvgIpc) is 3.18. The Morgan fingerprint density at radius 2 is 1.65 bits per heavy atom. The van der Waals surface area contributed by atoms with E-state index >= 15 is 0 Å². The Bertz CT molecular complexity index is 1020. The fourth-order valence-electron chi connectivity index (χ4n) is 3.48. The third-order valence-corrected chi connectivity index (χ3v) is 5.31. The van der Waals surface area contributed by atoms with Crippen LogP contribution in [0.1, 0.15) is 32.8 Å². The van der Waals surface area contributed by atoms with Crippen LogP contribution in [0.5, 0.6) is 0 Å². The predicted octanol–water partition coefficient (Wildman–Crippen LogP) is -0.365. The van der Waals surface area contributed by atoms with Gasteiger partial charge in [0, 0.05) is 23.5 Å². The standard InChI is InChI=1S/C23H33N5O6/c1-12(2)8-17(21(32)26-11-19(30)31)27-22(33)18(28-23(34)20(24)13(3)29)9-14-10-25-16-7-5-4-6-15(14)16/h4-7,10,12-13,17-18,20,25,29H,8-9,11,24H2,1-3H3,(H,26,32)(H,27,33)(H,28,34)(H,30,31). The fourth-order valence-corrected chi connectivity index (χ4v) is 3.48. The van der Waals surface area contributed by atoms with Gasteiger partial charge in [0.1, 0.15) is 24.7 Å².